The maximum Gasteiger partial charge on any atom is 0.407 e. The summed E-state index contributed by atoms with van der Waals surface area (Å²) in [5.74, 6) is 0.369. The quantitative estimate of drug-likeness (QED) is 0.716. The first-order valence-electron chi connectivity index (χ1n) is 9.06. The number of aromatic nitrogens is 1. The summed E-state index contributed by atoms with van der Waals surface area (Å²) in [7, 11) is 1.62. The van der Waals surface area contributed by atoms with Gasteiger partial charge in [0.25, 0.3) is 0 Å². The molecule has 0 spiro atoms. The molecule has 0 aliphatic heterocycles. The molecule has 2 N–H and O–H groups in total. The van der Waals surface area contributed by atoms with Crippen molar-refractivity contribution in [3.8, 4) is 16.3 Å². The van der Waals surface area contributed by atoms with Crippen LogP contribution in [0.5, 0.6) is 5.75 Å². The summed E-state index contributed by atoms with van der Waals surface area (Å²) in [5.41, 5.74) is 0.388. The van der Waals surface area contributed by atoms with Crippen molar-refractivity contribution in [2.24, 2.45) is 5.92 Å². The average Bonchev–Trinajstić information content (AvgIpc) is 3.08. The number of amides is 2. The number of carbonyl (C=O) groups excluding carboxylic acids is 2. The van der Waals surface area contributed by atoms with Crippen molar-refractivity contribution in [1.29, 1.82) is 0 Å². The number of thiazole rings is 1. The van der Waals surface area contributed by atoms with Gasteiger partial charge >= 0.3 is 6.09 Å². The molecule has 1 aromatic heterocycles. The normalized spacial score (nSPS) is 12.2. The van der Waals surface area contributed by atoms with Crippen molar-refractivity contribution in [2.75, 3.05) is 19.0 Å². The van der Waals surface area contributed by atoms with Crippen molar-refractivity contribution in [1.82, 2.24) is 10.3 Å². The summed E-state index contributed by atoms with van der Waals surface area (Å²) < 4.78 is 10.4. The number of benzene rings is 1. The smallest absolute Gasteiger partial charge is 0.407 e. The van der Waals surface area contributed by atoms with Gasteiger partial charge in [-0.25, -0.2) is 9.78 Å². The van der Waals surface area contributed by atoms with Crippen LogP contribution in [0, 0.1) is 5.92 Å². The van der Waals surface area contributed by atoms with Crippen molar-refractivity contribution in [3.05, 3.63) is 30.5 Å². The molecular weight excluding hydrogens is 378 g/mol. The number of hydrogen-bond acceptors (Lipinski definition) is 6. The zero-order chi connectivity index (χ0) is 20.7. The Morgan fingerprint density at radius 2 is 2.04 bits per heavy atom. The maximum atomic E-state index is 12.4. The summed E-state index contributed by atoms with van der Waals surface area (Å²) in [6.07, 6.45) is 1.67. The van der Waals surface area contributed by atoms with Crippen molar-refractivity contribution < 1.29 is 19.1 Å². The minimum absolute atomic E-state index is 0.119. The number of nitrogens with zero attached hydrogens (tertiary/aromatic N) is 1. The summed E-state index contributed by atoms with van der Waals surface area (Å²) in [4.78, 5) is 28.4. The zero-order valence-corrected chi connectivity index (χ0v) is 17.7. The van der Waals surface area contributed by atoms with Crippen molar-refractivity contribution in [2.45, 2.75) is 39.7 Å². The van der Waals surface area contributed by atoms with Gasteiger partial charge in [-0.3, -0.25) is 4.79 Å². The van der Waals surface area contributed by atoms with Crippen molar-refractivity contribution >= 4 is 28.3 Å². The molecule has 0 fully saturated rings. The van der Waals surface area contributed by atoms with Gasteiger partial charge in [-0.05, 0) is 39.3 Å². The Kier molecular flexibility index (Phi) is 7.39. The number of anilines is 1. The molecule has 1 heterocycles. The van der Waals surface area contributed by atoms with E-state index in [1.54, 1.807) is 34.1 Å². The number of ether oxygens (including phenoxy) is 2. The van der Waals surface area contributed by atoms with Crippen LogP contribution in [-0.4, -0.2) is 36.2 Å². The molecule has 2 rings (SSSR count). The van der Waals surface area contributed by atoms with Crippen LogP contribution in [-0.2, 0) is 9.53 Å². The highest BCUT2D eigenvalue weighted by Crippen LogP contribution is 2.30. The Morgan fingerprint density at radius 3 is 2.71 bits per heavy atom. The second-order valence-corrected chi connectivity index (χ2v) is 8.40. The van der Waals surface area contributed by atoms with E-state index < -0.39 is 11.7 Å². The summed E-state index contributed by atoms with van der Waals surface area (Å²) in [5, 5.41) is 7.02. The third-order valence-electron chi connectivity index (χ3n) is 3.76. The third kappa shape index (κ3) is 6.84. The van der Waals surface area contributed by atoms with E-state index in [4.69, 9.17) is 9.47 Å². The van der Waals surface area contributed by atoms with E-state index in [1.807, 2.05) is 31.2 Å². The first-order chi connectivity index (χ1) is 13.2. The Balaban J connectivity index is 1.84. The number of methoxy groups -OCH3 is 1. The molecule has 7 nitrogen and oxygen atoms in total. The van der Waals surface area contributed by atoms with Crippen LogP contribution in [0.4, 0.5) is 9.80 Å². The molecule has 0 aliphatic carbocycles. The summed E-state index contributed by atoms with van der Waals surface area (Å²) in [6, 6.07) is 7.60. The molecule has 0 unspecified atom stereocenters. The molecule has 2 amide bonds. The molecule has 1 atom stereocenters. The van der Waals surface area contributed by atoms with Gasteiger partial charge in [-0.2, -0.15) is 0 Å². The fraction of sp³-hybridized carbons (Fsp3) is 0.450. The lowest BCUT2D eigenvalue weighted by Gasteiger charge is -2.20. The molecule has 1 aromatic carbocycles. The largest absolute Gasteiger partial charge is 0.497 e. The fourth-order valence-corrected chi connectivity index (χ4v) is 3.12. The molecule has 0 radical (unpaired) electrons. The van der Waals surface area contributed by atoms with E-state index in [2.05, 4.69) is 15.6 Å². The van der Waals surface area contributed by atoms with Gasteiger partial charge in [-0.1, -0.05) is 30.4 Å². The van der Waals surface area contributed by atoms with Gasteiger partial charge in [0.15, 0.2) is 0 Å². The van der Waals surface area contributed by atoms with Gasteiger partial charge in [0.05, 0.1) is 13.3 Å². The molecule has 0 saturated carbocycles. The summed E-state index contributed by atoms with van der Waals surface area (Å²) >= 11 is 1.40. The topological polar surface area (TPSA) is 89.5 Å². The maximum absolute atomic E-state index is 12.4. The van der Waals surface area contributed by atoms with Gasteiger partial charge in [0, 0.05) is 18.0 Å². The van der Waals surface area contributed by atoms with E-state index in [0.717, 1.165) is 16.3 Å². The molecule has 8 heteroatoms. The first kappa shape index (κ1) is 21.7. The number of nitrogens with one attached hydrogen (secondary N) is 2. The zero-order valence-electron chi connectivity index (χ0n) is 16.9. The Hall–Kier alpha value is -2.61. The lowest BCUT2D eigenvalue weighted by molar-refractivity contribution is -0.119. The monoisotopic (exact) mass is 405 g/mol. The lowest BCUT2D eigenvalue weighted by atomic mass is 10.1. The van der Waals surface area contributed by atoms with Crippen LogP contribution in [0.1, 0.15) is 34.1 Å². The standard InChI is InChI=1S/C20H27N3O4S/c1-13(9-10-21-19(25)27-20(2,3)4)17(24)23-16-12-22-18(28-16)14-7-6-8-15(11-14)26-5/h6-8,11-13H,9-10H2,1-5H3,(H,21,25)(H,23,24)/t13-/m0/s1. The van der Waals surface area contributed by atoms with E-state index in [-0.39, 0.29) is 11.8 Å². The first-order valence-corrected chi connectivity index (χ1v) is 9.87. The number of alkyl carbamates (subject to hydrolysis) is 1. The third-order valence-corrected chi connectivity index (χ3v) is 4.72. The minimum atomic E-state index is -0.542. The van der Waals surface area contributed by atoms with E-state index >= 15 is 0 Å². The number of hydrogen-bond donors (Lipinski definition) is 2. The van der Waals surface area contributed by atoms with Gasteiger partial charge in [-0.15, -0.1) is 0 Å². The van der Waals surface area contributed by atoms with E-state index in [1.165, 1.54) is 11.3 Å². The summed E-state index contributed by atoms with van der Waals surface area (Å²) in [6.45, 7) is 7.59. The van der Waals surface area contributed by atoms with Gasteiger partial charge < -0.3 is 20.1 Å². The Bertz CT molecular complexity index is 814. The second-order valence-electron chi connectivity index (χ2n) is 7.37. The SMILES string of the molecule is COc1cccc(-c2ncc(NC(=O)[C@@H](C)CCNC(=O)OC(C)(C)C)s2)c1. The van der Waals surface area contributed by atoms with Crippen LogP contribution in [0.25, 0.3) is 10.6 Å². The van der Waals surface area contributed by atoms with Gasteiger partial charge in [0.2, 0.25) is 5.91 Å². The molecule has 0 aliphatic rings. The molecular formula is C20H27N3O4S. The lowest BCUT2D eigenvalue weighted by Crippen LogP contribution is -2.34. The highest BCUT2D eigenvalue weighted by atomic mass is 32.1. The average molecular weight is 406 g/mol. The highest BCUT2D eigenvalue weighted by Gasteiger charge is 2.18. The molecule has 152 valence electrons. The number of rotatable bonds is 7. The fourth-order valence-electron chi connectivity index (χ4n) is 2.30. The van der Waals surface area contributed by atoms with Crippen LogP contribution >= 0.6 is 11.3 Å². The molecule has 2 aromatic rings. The molecule has 28 heavy (non-hydrogen) atoms. The number of carbonyl (C=O) groups is 2. The Morgan fingerprint density at radius 1 is 1.29 bits per heavy atom. The second kappa shape index (κ2) is 9.54. The predicted molar refractivity (Wildman–Crippen MR) is 111 cm³/mol. The van der Waals surface area contributed by atoms with Crippen LogP contribution in [0.3, 0.4) is 0 Å². The van der Waals surface area contributed by atoms with E-state index in [0.29, 0.717) is 18.0 Å². The van der Waals surface area contributed by atoms with Gasteiger partial charge in [0.1, 0.15) is 21.4 Å². The minimum Gasteiger partial charge on any atom is -0.497 e. The Labute approximate surface area is 169 Å². The van der Waals surface area contributed by atoms with Crippen LogP contribution < -0.4 is 15.4 Å². The van der Waals surface area contributed by atoms with E-state index in [9.17, 15) is 9.59 Å². The molecule has 0 saturated heterocycles. The van der Waals surface area contributed by atoms with Crippen LogP contribution in [0.2, 0.25) is 0 Å². The predicted octanol–water partition coefficient (Wildman–Crippen LogP) is 4.31. The highest BCUT2D eigenvalue weighted by molar-refractivity contribution is 7.19. The van der Waals surface area contributed by atoms with Crippen molar-refractivity contribution in [3.63, 3.8) is 0 Å². The van der Waals surface area contributed by atoms with Crippen LogP contribution in [0.15, 0.2) is 30.5 Å². The molecule has 0 bridgehead atoms.